The lowest BCUT2D eigenvalue weighted by Crippen LogP contribution is -2.33. The molecule has 146 valence electrons. The number of thiophene rings is 2. The van der Waals surface area contributed by atoms with Crippen LogP contribution in [-0.4, -0.2) is 18.4 Å². The molecule has 6 heteroatoms. The Morgan fingerprint density at radius 1 is 1.00 bits per heavy atom. The van der Waals surface area contributed by atoms with Crippen molar-refractivity contribution in [3.05, 3.63) is 80.2 Å². The van der Waals surface area contributed by atoms with Crippen molar-refractivity contribution in [3.63, 3.8) is 0 Å². The Balaban J connectivity index is 1.61. The zero-order valence-corrected chi connectivity index (χ0v) is 17.6. The van der Waals surface area contributed by atoms with Crippen molar-refractivity contribution in [2.75, 3.05) is 6.54 Å². The summed E-state index contributed by atoms with van der Waals surface area (Å²) >= 11 is 3.10. The number of nitrogens with one attached hydrogen (secondary N) is 2. The first kappa shape index (κ1) is 20.3. The van der Waals surface area contributed by atoms with Crippen LogP contribution in [-0.2, 0) is 4.79 Å². The molecule has 1 atom stereocenters. The SMILES string of the molecule is CC(C)c1ccc(C(NC(=O)CCNC(=O)c2ccsc2)c2cccs2)cc1. The average molecular weight is 413 g/mol. The lowest BCUT2D eigenvalue weighted by atomic mass is 9.98. The molecule has 0 bridgehead atoms. The molecule has 4 nitrogen and oxygen atoms in total. The molecular formula is C22H24N2O2S2. The maximum absolute atomic E-state index is 12.5. The molecule has 0 saturated carbocycles. The lowest BCUT2D eigenvalue weighted by molar-refractivity contribution is -0.121. The van der Waals surface area contributed by atoms with Crippen LogP contribution in [0.1, 0.15) is 58.6 Å². The van der Waals surface area contributed by atoms with Crippen molar-refractivity contribution in [1.29, 1.82) is 0 Å². The molecule has 1 unspecified atom stereocenters. The molecule has 2 amide bonds. The molecular weight excluding hydrogens is 388 g/mol. The van der Waals surface area contributed by atoms with E-state index in [0.29, 0.717) is 18.0 Å². The van der Waals surface area contributed by atoms with Crippen LogP contribution >= 0.6 is 22.7 Å². The van der Waals surface area contributed by atoms with E-state index in [4.69, 9.17) is 0 Å². The predicted molar refractivity (Wildman–Crippen MR) is 116 cm³/mol. The Bertz CT molecular complexity index is 885. The van der Waals surface area contributed by atoms with E-state index in [1.807, 2.05) is 22.9 Å². The van der Waals surface area contributed by atoms with Crippen LogP contribution in [0.2, 0.25) is 0 Å². The summed E-state index contributed by atoms with van der Waals surface area (Å²) in [4.78, 5) is 25.6. The second-order valence-corrected chi connectivity index (χ2v) is 8.61. The van der Waals surface area contributed by atoms with Crippen LogP contribution in [0.3, 0.4) is 0 Å². The fourth-order valence-electron chi connectivity index (χ4n) is 2.87. The molecule has 0 saturated heterocycles. The van der Waals surface area contributed by atoms with Gasteiger partial charge in [0.1, 0.15) is 0 Å². The Labute approximate surface area is 173 Å². The van der Waals surface area contributed by atoms with Crippen molar-refractivity contribution in [2.24, 2.45) is 0 Å². The average Bonchev–Trinajstić information content (AvgIpc) is 3.40. The van der Waals surface area contributed by atoms with Crippen LogP contribution in [0.4, 0.5) is 0 Å². The largest absolute Gasteiger partial charge is 0.351 e. The summed E-state index contributed by atoms with van der Waals surface area (Å²) in [6.07, 6.45) is 0.238. The lowest BCUT2D eigenvalue weighted by Gasteiger charge is -2.19. The van der Waals surface area contributed by atoms with Gasteiger partial charge in [0.05, 0.1) is 6.04 Å². The molecule has 0 aliphatic heterocycles. The third-order valence-corrected chi connectivity index (χ3v) is 6.11. The van der Waals surface area contributed by atoms with E-state index >= 15 is 0 Å². The summed E-state index contributed by atoms with van der Waals surface area (Å²) in [6.45, 7) is 4.64. The Morgan fingerprint density at radius 2 is 1.75 bits per heavy atom. The molecule has 3 aromatic rings. The monoisotopic (exact) mass is 412 g/mol. The second-order valence-electron chi connectivity index (χ2n) is 6.86. The zero-order valence-electron chi connectivity index (χ0n) is 16.0. The smallest absolute Gasteiger partial charge is 0.252 e. The highest BCUT2D eigenvalue weighted by atomic mass is 32.1. The van der Waals surface area contributed by atoms with Gasteiger partial charge in [-0.05, 0) is 39.9 Å². The standard InChI is InChI=1S/C22H24N2O2S2/c1-15(2)16-5-7-17(8-6-16)21(19-4-3-12-28-19)24-20(25)9-11-23-22(26)18-10-13-27-14-18/h3-8,10,12-15,21H,9,11H2,1-2H3,(H,23,26)(H,24,25). The first-order chi connectivity index (χ1) is 13.5. The van der Waals surface area contributed by atoms with Gasteiger partial charge >= 0.3 is 0 Å². The van der Waals surface area contributed by atoms with Crippen LogP contribution in [0, 0.1) is 0 Å². The fraction of sp³-hybridized carbons (Fsp3) is 0.273. The highest BCUT2D eigenvalue weighted by Gasteiger charge is 2.18. The fourth-order valence-corrected chi connectivity index (χ4v) is 4.30. The second kappa shape index (κ2) is 9.66. The number of carbonyl (C=O) groups excluding carboxylic acids is 2. The minimum Gasteiger partial charge on any atom is -0.351 e. The number of hydrogen-bond acceptors (Lipinski definition) is 4. The van der Waals surface area contributed by atoms with Gasteiger partial charge in [0.2, 0.25) is 5.91 Å². The Kier molecular flexibility index (Phi) is 7.01. The summed E-state index contributed by atoms with van der Waals surface area (Å²) in [7, 11) is 0. The van der Waals surface area contributed by atoms with Crippen LogP contribution in [0.15, 0.2) is 58.6 Å². The minimum atomic E-state index is -0.179. The predicted octanol–water partition coefficient (Wildman–Crippen LogP) is 4.96. The van der Waals surface area contributed by atoms with Gasteiger partial charge in [-0.1, -0.05) is 44.2 Å². The summed E-state index contributed by atoms with van der Waals surface area (Å²) in [6, 6.07) is 14.0. The van der Waals surface area contributed by atoms with Gasteiger partial charge in [0.15, 0.2) is 0 Å². The van der Waals surface area contributed by atoms with Crippen molar-refractivity contribution < 1.29 is 9.59 Å². The van der Waals surface area contributed by atoms with Gasteiger partial charge in [-0.15, -0.1) is 11.3 Å². The van der Waals surface area contributed by atoms with Gasteiger partial charge in [0.25, 0.3) is 5.91 Å². The summed E-state index contributed by atoms with van der Waals surface area (Å²) in [5.41, 5.74) is 2.96. The molecule has 2 aromatic heterocycles. The first-order valence-corrected chi connectivity index (χ1v) is 11.1. The van der Waals surface area contributed by atoms with E-state index in [0.717, 1.165) is 10.4 Å². The first-order valence-electron chi connectivity index (χ1n) is 9.27. The molecule has 0 fully saturated rings. The van der Waals surface area contributed by atoms with E-state index < -0.39 is 0 Å². The summed E-state index contributed by atoms with van der Waals surface area (Å²) < 4.78 is 0. The highest BCUT2D eigenvalue weighted by molar-refractivity contribution is 7.10. The number of carbonyl (C=O) groups is 2. The van der Waals surface area contributed by atoms with Gasteiger partial charge in [0, 0.05) is 28.8 Å². The molecule has 0 radical (unpaired) electrons. The minimum absolute atomic E-state index is 0.0862. The molecule has 0 aliphatic rings. The van der Waals surface area contributed by atoms with Gasteiger partial charge < -0.3 is 10.6 Å². The molecule has 0 aliphatic carbocycles. The molecule has 2 N–H and O–H groups in total. The highest BCUT2D eigenvalue weighted by Crippen LogP contribution is 2.27. The van der Waals surface area contributed by atoms with E-state index in [-0.39, 0.29) is 24.3 Å². The molecule has 0 spiro atoms. The Hall–Kier alpha value is -2.44. The number of rotatable bonds is 8. The third kappa shape index (κ3) is 5.30. The number of benzene rings is 1. The normalized spacial score (nSPS) is 12.0. The topological polar surface area (TPSA) is 58.2 Å². The van der Waals surface area contributed by atoms with Crippen LogP contribution in [0.25, 0.3) is 0 Å². The molecule has 3 rings (SSSR count). The van der Waals surface area contributed by atoms with Crippen LogP contribution in [0.5, 0.6) is 0 Å². The van der Waals surface area contributed by atoms with E-state index in [1.165, 1.54) is 16.9 Å². The number of hydrogen-bond donors (Lipinski definition) is 2. The Morgan fingerprint density at radius 3 is 2.36 bits per heavy atom. The van der Waals surface area contributed by atoms with E-state index in [1.54, 1.807) is 22.8 Å². The molecule has 1 aromatic carbocycles. The maximum atomic E-state index is 12.5. The van der Waals surface area contributed by atoms with Crippen molar-refractivity contribution in [1.82, 2.24) is 10.6 Å². The maximum Gasteiger partial charge on any atom is 0.252 e. The van der Waals surface area contributed by atoms with Gasteiger partial charge in [-0.25, -0.2) is 0 Å². The third-order valence-electron chi connectivity index (χ3n) is 4.49. The summed E-state index contributed by atoms with van der Waals surface area (Å²) in [5.74, 6) is 0.237. The van der Waals surface area contributed by atoms with E-state index in [9.17, 15) is 9.59 Å². The van der Waals surface area contributed by atoms with Gasteiger partial charge in [-0.2, -0.15) is 11.3 Å². The summed E-state index contributed by atoms with van der Waals surface area (Å²) in [5, 5.41) is 11.6. The van der Waals surface area contributed by atoms with Gasteiger partial charge in [-0.3, -0.25) is 9.59 Å². The molecule has 28 heavy (non-hydrogen) atoms. The molecule has 2 heterocycles. The van der Waals surface area contributed by atoms with Crippen molar-refractivity contribution >= 4 is 34.5 Å². The van der Waals surface area contributed by atoms with Crippen LogP contribution < -0.4 is 10.6 Å². The van der Waals surface area contributed by atoms with Crippen molar-refractivity contribution in [3.8, 4) is 0 Å². The zero-order chi connectivity index (χ0) is 19.9. The number of amides is 2. The van der Waals surface area contributed by atoms with Crippen molar-refractivity contribution in [2.45, 2.75) is 32.2 Å². The quantitative estimate of drug-likeness (QED) is 0.549. The van der Waals surface area contributed by atoms with E-state index in [2.05, 4.69) is 48.7 Å².